The second-order valence-corrected chi connectivity index (χ2v) is 4.73. The van der Waals surface area contributed by atoms with Crippen molar-refractivity contribution < 1.29 is 9.90 Å². The molecule has 14 heavy (non-hydrogen) atoms. The van der Waals surface area contributed by atoms with E-state index < -0.39 is 5.97 Å². The predicted molar refractivity (Wildman–Crippen MR) is 62.9 cm³/mol. The minimum atomic E-state index is -0.645. The molecule has 0 spiro atoms. The highest BCUT2D eigenvalue weighted by Gasteiger charge is 2.13. The molecule has 3 heteroatoms. The summed E-state index contributed by atoms with van der Waals surface area (Å²) in [6.45, 7) is 4.14. The molecule has 0 saturated heterocycles. The number of hydrogen-bond donors (Lipinski definition) is 1. The second kappa shape index (κ2) is 9.38. The summed E-state index contributed by atoms with van der Waals surface area (Å²) in [6, 6.07) is 0. The second-order valence-electron chi connectivity index (χ2n) is 3.58. The number of hydrogen-bond acceptors (Lipinski definition) is 2. The molecule has 0 saturated carbocycles. The summed E-state index contributed by atoms with van der Waals surface area (Å²) in [5.41, 5.74) is 0. The van der Waals surface area contributed by atoms with Gasteiger partial charge < -0.3 is 5.11 Å². The van der Waals surface area contributed by atoms with Gasteiger partial charge in [0, 0.05) is 5.75 Å². The first kappa shape index (κ1) is 13.8. The lowest BCUT2D eigenvalue weighted by Crippen LogP contribution is -2.15. The summed E-state index contributed by atoms with van der Waals surface area (Å²) in [5.74, 6) is 1.10. The SMILES string of the molecule is CCCCCCSCC(CC)C(=O)O. The molecule has 2 nitrogen and oxygen atoms in total. The highest BCUT2D eigenvalue weighted by atomic mass is 32.2. The van der Waals surface area contributed by atoms with E-state index in [0.29, 0.717) is 0 Å². The third kappa shape index (κ3) is 7.25. The number of aliphatic carboxylic acids is 1. The zero-order valence-corrected chi connectivity index (χ0v) is 10.1. The van der Waals surface area contributed by atoms with Gasteiger partial charge in [0.05, 0.1) is 5.92 Å². The van der Waals surface area contributed by atoms with Gasteiger partial charge in [-0.2, -0.15) is 11.8 Å². The van der Waals surface area contributed by atoms with Crippen LogP contribution < -0.4 is 0 Å². The van der Waals surface area contributed by atoms with Gasteiger partial charge in [0.1, 0.15) is 0 Å². The van der Waals surface area contributed by atoms with E-state index in [1.54, 1.807) is 11.8 Å². The first-order chi connectivity index (χ1) is 6.72. The molecule has 84 valence electrons. The molecule has 0 aromatic heterocycles. The smallest absolute Gasteiger partial charge is 0.307 e. The van der Waals surface area contributed by atoms with E-state index in [4.69, 9.17) is 5.11 Å². The molecule has 0 rings (SSSR count). The van der Waals surface area contributed by atoms with Gasteiger partial charge in [0.25, 0.3) is 0 Å². The van der Waals surface area contributed by atoms with Crippen LogP contribution in [0.15, 0.2) is 0 Å². The van der Waals surface area contributed by atoms with Gasteiger partial charge in [0.15, 0.2) is 0 Å². The summed E-state index contributed by atoms with van der Waals surface area (Å²) in [4.78, 5) is 10.7. The Hall–Kier alpha value is -0.180. The predicted octanol–water partition coefficient (Wildman–Crippen LogP) is 3.41. The summed E-state index contributed by atoms with van der Waals surface area (Å²) in [7, 11) is 0. The Labute approximate surface area is 91.5 Å². The highest BCUT2D eigenvalue weighted by molar-refractivity contribution is 7.99. The topological polar surface area (TPSA) is 37.3 Å². The van der Waals surface area contributed by atoms with E-state index in [2.05, 4.69) is 6.92 Å². The largest absolute Gasteiger partial charge is 0.481 e. The van der Waals surface area contributed by atoms with Crippen molar-refractivity contribution >= 4 is 17.7 Å². The molecule has 0 aromatic carbocycles. The van der Waals surface area contributed by atoms with Gasteiger partial charge in [-0.3, -0.25) is 4.79 Å². The summed E-state index contributed by atoms with van der Waals surface area (Å²) < 4.78 is 0. The van der Waals surface area contributed by atoms with Crippen LogP contribution in [-0.2, 0) is 4.79 Å². The van der Waals surface area contributed by atoms with Crippen molar-refractivity contribution in [3.05, 3.63) is 0 Å². The Morgan fingerprint density at radius 3 is 2.50 bits per heavy atom. The number of carboxylic acid groups (broad SMARTS) is 1. The lowest BCUT2D eigenvalue weighted by Gasteiger charge is -2.08. The van der Waals surface area contributed by atoms with E-state index in [9.17, 15) is 4.79 Å². The van der Waals surface area contributed by atoms with Crippen molar-refractivity contribution in [3.63, 3.8) is 0 Å². The van der Waals surface area contributed by atoms with Gasteiger partial charge in [0.2, 0.25) is 0 Å². The monoisotopic (exact) mass is 218 g/mol. The molecule has 0 heterocycles. The fourth-order valence-corrected chi connectivity index (χ4v) is 2.46. The minimum absolute atomic E-state index is 0.147. The van der Waals surface area contributed by atoms with E-state index >= 15 is 0 Å². The van der Waals surface area contributed by atoms with Gasteiger partial charge in [-0.05, 0) is 18.6 Å². The maximum absolute atomic E-state index is 10.7. The van der Waals surface area contributed by atoms with Crippen LogP contribution in [-0.4, -0.2) is 22.6 Å². The number of rotatable bonds is 9. The maximum Gasteiger partial charge on any atom is 0.307 e. The molecule has 0 amide bonds. The molecule has 0 bridgehead atoms. The molecule has 1 atom stereocenters. The quantitative estimate of drug-likeness (QED) is 0.603. The van der Waals surface area contributed by atoms with Crippen LogP contribution in [0.2, 0.25) is 0 Å². The molecular formula is C11H22O2S. The Morgan fingerprint density at radius 2 is 2.00 bits per heavy atom. The number of unbranched alkanes of at least 4 members (excludes halogenated alkanes) is 3. The van der Waals surface area contributed by atoms with E-state index in [1.807, 2.05) is 6.92 Å². The lowest BCUT2D eigenvalue weighted by molar-refractivity contribution is -0.140. The third-order valence-corrected chi connectivity index (χ3v) is 3.52. The molecule has 0 fully saturated rings. The van der Waals surface area contributed by atoms with E-state index in [1.165, 1.54) is 25.7 Å². The Balaban J connectivity index is 3.29. The summed E-state index contributed by atoms with van der Waals surface area (Å²) >= 11 is 1.78. The van der Waals surface area contributed by atoms with Crippen molar-refractivity contribution in [1.82, 2.24) is 0 Å². The molecular weight excluding hydrogens is 196 g/mol. The van der Waals surface area contributed by atoms with Crippen molar-refractivity contribution in [3.8, 4) is 0 Å². The Kier molecular flexibility index (Phi) is 9.26. The fourth-order valence-electron chi connectivity index (χ4n) is 1.22. The first-order valence-corrected chi connectivity index (χ1v) is 6.68. The Morgan fingerprint density at radius 1 is 1.29 bits per heavy atom. The molecule has 0 aliphatic rings. The van der Waals surface area contributed by atoms with Crippen LogP contribution >= 0.6 is 11.8 Å². The number of thioether (sulfide) groups is 1. The Bertz CT molecular complexity index is 148. The van der Waals surface area contributed by atoms with Crippen LogP contribution in [0, 0.1) is 5.92 Å². The molecule has 0 radical (unpaired) electrons. The van der Waals surface area contributed by atoms with Gasteiger partial charge in [-0.25, -0.2) is 0 Å². The molecule has 0 aliphatic carbocycles. The van der Waals surface area contributed by atoms with Gasteiger partial charge >= 0.3 is 5.97 Å². The molecule has 1 N–H and O–H groups in total. The zero-order chi connectivity index (χ0) is 10.8. The van der Waals surface area contributed by atoms with Crippen molar-refractivity contribution in [2.24, 2.45) is 5.92 Å². The first-order valence-electron chi connectivity index (χ1n) is 5.52. The molecule has 0 aliphatic heterocycles. The third-order valence-electron chi connectivity index (χ3n) is 2.30. The number of carboxylic acids is 1. The zero-order valence-electron chi connectivity index (χ0n) is 9.29. The van der Waals surface area contributed by atoms with Crippen LogP contribution in [0.5, 0.6) is 0 Å². The van der Waals surface area contributed by atoms with Crippen LogP contribution in [0.3, 0.4) is 0 Å². The van der Waals surface area contributed by atoms with Crippen LogP contribution in [0.1, 0.15) is 46.0 Å². The summed E-state index contributed by atoms with van der Waals surface area (Å²) in [6.07, 6.45) is 5.83. The fraction of sp³-hybridized carbons (Fsp3) is 0.909. The van der Waals surface area contributed by atoms with E-state index in [0.717, 1.165) is 17.9 Å². The van der Waals surface area contributed by atoms with Gasteiger partial charge in [-0.15, -0.1) is 0 Å². The van der Waals surface area contributed by atoms with Crippen LogP contribution in [0.4, 0.5) is 0 Å². The normalized spacial score (nSPS) is 12.7. The van der Waals surface area contributed by atoms with E-state index in [-0.39, 0.29) is 5.92 Å². The standard InChI is InChI=1S/C11H22O2S/c1-3-5-6-7-8-14-9-10(4-2)11(12)13/h10H,3-9H2,1-2H3,(H,12,13). The average molecular weight is 218 g/mol. The molecule has 0 aromatic rings. The van der Waals surface area contributed by atoms with Crippen molar-refractivity contribution in [2.75, 3.05) is 11.5 Å². The van der Waals surface area contributed by atoms with Crippen molar-refractivity contribution in [2.45, 2.75) is 46.0 Å². The maximum atomic E-state index is 10.7. The summed E-state index contributed by atoms with van der Waals surface area (Å²) in [5, 5.41) is 8.80. The molecule has 1 unspecified atom stereocenters. The lowest BCUT2D eigenvalue weighted by atomic mass is 10.1. The van der Waals surface area contributed by atoms with Crippen molar-refractivity contribution in [1.29, 1.82) is 0 Å². The minimum Gasteiger partial charge on any atom is -0.481 e. The van der Waals surface area contributed by atoms with Crippen LogP contribution in [0.25, 0.3) is 0 Å². The number of carbonyl (C=O) groups is 1. The van der Waals surface area contributed by atoms with Gasteiger partial charge in [-0.1, -0.05) is 33.1 Å². The highest BCUT2D eigenvalue weighted by Crippen LogP contribution is 2.14. The average Bonchev–Trinajstić information content (AvgIpc) is 2.16.